The zero-order valence-corrected chi connectivity index (χ0v) is 10.3. The maximum absolute atomic E-state index is 13.3. The summed E-state index contributed by atoms with van der Waals surface area (Å²) in [6.45, 7) is 1.68. The predicted octanol–water partition coefficient (Wildman–Crippen LogP) is 3.91. The average Bonchev–Trinajstić information content (AvgIpc) is 2.42. The lowest BCUT2D eigenvalue weighted by molar-refractivity contribution is 0.611. The molecule has 0 atom stereocenters. The van der Waals surface area contributed by atoms with Crippen LogP contribution in [-0.2, 0) is 0 Å². The van der Waals surface area contributed by atoms with Gasteiger partial charge in [-0.2, -0.15) is 0 Å². The van der Waals surface area contributed by atoms with Crippen LogP contribution in [0.1, 0.15) is 5.56 Å². The van der Waals surface area contributed by atoms with Crippen molar-refractivity contribution in [3.63, 3.8) is 0 Å². The van der Waals surface area contributed by atoms with E-state index in [0.717, 1.165) is 0 Å². The van der Waals surface area contributed by atoms with Gasteiger partial charge in [0.1, 0.15) is 17.2 Å². The highest BCUT2D eigenvalue weighted by molar-refractivity contribution is 5.78. The molecule has 0 spiro atoms. The summed E-state index contributed by atoms with van der Waals surface area (Å²) in [7, 11) is 0. The van der Waals surface area contributed by atoms with Crippen LogP contribution in [0.25, 0.3) is 22.3 Å². The van der Waals surface area contributed by atoms with E-state index in [4.69, 9.17) is 4.42 Å². The molecule has 0 amide bonds. The second-order valence-corrected chi connectivity index (χ2v) is 4.44. The van der Waals surface area contributed by atoms with E-state index >= 15 is 0 Å². The summed E-state index contributed by atoms with van der Waals surface area (Å²) < 4.78 is 19.0. The van der Waals surface area contributed by atoms with Gasteiger partial charge in [-0.1, -0.05) is 12.1 Å². The zero-order chi connectivity index (χ0) is 13.4. The summed E-state index contributed by atoms with van der Waals surface area (Å²) in [5, 5.41) is 0.546. The Bertz CT molecular complexity index is 818. The fourth-order valence-electron chi connectivity index (χ4n) is 2.04. The van der Waals surface area contributed by atoms with Crippen LogP contribution in [0.15, 0.2) is 57.7 Å². The Kier molecular flexibility index (Phi) is 2.67. The van der Waals surface area contributed by atoms with Crippen molar-refractivity contribution >= 4 is 11.0 Å². The van der Waals surface area contributed by atoms with Crippen molar-refractivity contribution < 1.29 is 8.81 Å². The molecule has 3 aromatic rings. The number of aryl methyl sites for hydroxylation is 1. The molecule has 94 valence electrons. The highest BCUT2D eigenvalue weighted by Gasteiger charge is 2.07. The Morgan fingerprint density at radius 3 is 2.63 bits per heavy atom. The van der Waals surface area contributed by atoms with Crippen LogP contribution >= 0.6 is 0 Å². The molecule has 0 unspecified atom stereocenters. The van der Waals surface area contributed by atoms with Crippen molar-refractivity contribution in [1.29, 1.82) is 0 Å². The zero-order valence-electron chi connectivity index (χ0n) is 10.3. The highest BCUT2D eigenvalue weighted by atomic mass is 19.1. The first-order valence-corrected chi connectivity index (χ1v) is 5.94. The molecule has 2 nitrogen and oxygen atoms in total. The Labute approximate surface area is 109 Å². The van der Waals surface area contributed by atoms with Gasteiger partial charge in [-0.25, -0.2) is 4.39 Å². The van der Waals surface area contributed by atoms with Gasteiger partial charge in [0, 0.05) is 11.6 Å². The number of para-hydroxylation sites is 1. The Balaban J connectivity index is 2.25. The number of hydrogen-bond acceptors (Lipinski definition) is 2. The Morgan fingerprint density at radius 1 is 1.05 bits per heavy atom. The second-order valence-electron chi connectivity index (χ2n) is 4.44. The van der Waals surface area contributed by atoms with Gasteiger partial charge in [0.15, 0.2) is 5.43 Å². The third-order valence-corrected chi connectivity index (χ3v) is 3.08. The Hall–Kier alpha value is -2.42. The molecule has 2 aromatic carbocycles. The summed E-state index contributed by atoms with van der Waals surface area (Å²) in [6.07, 6.45) is 0. The van der Waals surface area contributed by atoms with Gasteiger partial charge in [-0.15, -0.1) is 0 Å². The second kappa shape index (κ2) is 4.35. The van der Waals surface area contributed by atoms with Crippen LogP contribution < -0.4 is 5.43 Å². The van der Waals surface area contributed by atoms with E-state index in [9.17, 15) is 9.18 Å². The SMILES string of the molecule is Cc1cc(-c2cc(=O)c3ccccc3o2)ccc1F. The maximum Gasteiger partial charge on any atom is 0.193 e. The van der Waals surface area contributed by atoms with E-state index in [2.05, 4.69) is 0 Å². The van der Waals surface area contributed by atoms with Gasteiger partial charge in [0.2, 0.25) is 0 Å². The van der Waals surface area contributed by atoms with E-state index in [-0.39, 0.29) is 11.2 Å². The van der Waals surface area contributed by atoms with Crippen molar-refractivity contribution in [3.8, 4) is 11.3 Å². The minimum Gasteiger partial charge on any atom is -0.456 e. The molecule has 0 saturated heterocycles. The lowest BCUT2D eigenvalue weighted by Crippen LogP contribution is -2.00. The van der Waals surface area contributed by atoms with Crippen LogP contribution in [0.3, 0.4) is 0 Å². The molecule has 19 heavy (non-hydrogen) atoms. The van der Waals surface area contributed by atoms with E-state index in [1.165, 1.54) is 12.1 Å². The third-order valence-electron chi connectivity index (χ3n) is 3.08. The summed E-state index contributed by atoms with van der Waals surface area (Å²) in [5.41, 5.74) is 1.65. The van der Waals surface area contributed by atoms with Crippen molar-refractivity contribution in [1.82, 2.24) is 0 Å². The topological polar surface area (TPSA) is 30.2 Å². The van der Waals surface area contributed by atoms with Gasteiger partial charge in [0.25, 0.3) is 0 Å². The molecule has 3 rings (SSSR count). The summed E-state index contributed by atoms with van der Waals surface area (Å²) in [6, 6.07) is 13.2. The smallest absolute Gasteiger partial charge is 0.193 e. The van der Waals surface area contributed by atoms with Gasteiger partial charge in [-0.05, 0) is 42.8 Å². The first kappa shape index (κ1) is 11.7. The third kappa shape index (κ3) is 2.03. The van der Waals surface area contributed by atoms with E-state index < -0.39 is 0 Å². The normalized spacial score (nSPS) is 10.8. The summed E-state index contributed by atoms with van der Waals surface area (Å²) in [4.78, 5) is 12.0. The number of benzene rings is 2. The van der Waals surface area contributed by atoms with Crippen LogP contribution in [0.2, 0.25) is 0 Å². The van der Waals surface area contributed by atoms with Gasteiger partial charge in [-0.3, -0.25) is 4.79 Å². The van der Waals surface area contributed by atoms with Crippen molar-refractivity contribution in [3.05, 3.63) is 70.1 Å². The quantitative estimate of drug-likeness (QED) is 0.659. The maximum atomic E-state index is 13.3. The van der Waals surface area contributed by atoms with Crippen molar-refractivity contribution in [2.75, 3.05) is 0 Å². The molecule has 0 fully saturated rings. The highest BCUT2D eigenvalue weighted by Crippen LogP contribution is 2.23. The molecular formula is C16H11FO2. The molecule has 0 radical (unpaired) electrons. The molecule has 1 heterocycles. The fourth-order valence-corrected chi connectivity index (χ4v) is 2.04. The number of hydrogen-bond donors (Lipinski definition) is 0. The molecule has 1 aromatic heterocycles. The minimum atomic E-state index is -0.271. The lowest BCUT2D eigenvalue weighted by atomic mass is 10.1. The van der Waals surface area contributed by atoms with Crippen LogP contribution in [0, 0.1) is 12.7 Å². The standard InChI is InChI=1S/C16H11FO2/c1-10-8-11(6-7-13(10)17)16-9-14(18)12-4-2-3-5-15(12)19-16/h2-9H,1H3. The first-order valence-electron chi connectivity index (χ1n) is 5.94. The molecule has 0 saturated carbocycles. The molecule has 3 heteroatoms. The lowest BCUT2D eigenvalue weighted by Gasteiger charge is -2.04. The van der Waals surface area contributed by atoms with Crippen LogP contribution in [-0.4, -0.2) is 0 Å². The first-order chi connectivity index (χ1) is 9.15. The summed E-state index contributed by atoms with van der Waals surface area (Å²) in [5.74, 6) is 0.179. The van der Waals surface area contributed by atoms with E-state index in [1.807, 2.05) is 6.07 Å². The number of rotatable bonds is 1. The number of halogens is 1. The average molecular weight is 254 g/mol. The molecule has 0 N–H and O–H groups in total. The predicted molar refractivity (Wildman–Crippen MR) is 72.6 cm³/mol. The molecule has 0 aliphatic carbocycles. The largest absolute Gasteiger partial charge is 0.456 e. The molecular weight excluding hydrogens is 243 g/mol. The van der Waals surface area contributed by atoms with Crippen molar-refractivity contribution in [2.24, 2.45) is 0 Å². The molecule has 0 bridgehead atoms. The molecule has 0 aliphatic rings. The summed E-state index contributed by atoms with van der Waals surface area (Å²) >= 11 is 0. The van der Waals surface area contributed by atoms with Crippen LogP contribution in [0.4, 0.5) is 4.39 Å². The fraction of sp³-hybridized carbons (Fsp3) is 0.0625. The van der Waals surface area contributed by atoms with Crippen LogP contribution in [0.5, 0.6) is 0 Å². The Morgan fingerprint density at radius 2 is 1.84 bits per heavy atom. The minimum absolute atomic E-state index is 0.0983. The van der Waals surface area contributed by atoms with Gasteiger partial charge >= 0.3 is 0 Å². The van der Waals surface area contributed by atoms with Gasteiger partial charge < -0.3 is 4.42 Å². The molecule has 0 aliphatic heterocycles. The number of fused-ring (bicyclic) bond motifs is 1. The monoisotopic (exact) mass is 254 g/mol. The van der Waals surface area contributed by atoms with Crippen molar-refractivity contribution in [2.45, 2.75) is 6.92 Å². The van der Waals surface area contributed by atoms with E-state index in [0.29, 0.717) is 27.9 Å². The van der Waals surface area contributed by atoms with E-state index in [1.54, 1.807) is 37.3 Å². The van der Waals surface area contributed by atoms with Gasteiger partial charge in [0.05, 0.1) is 5.39 Å².